The van der Waals surface area contributed by atoms with Crippen LogP contribution in [0.4, 0.5) is 18.0 Å². The maximum Gasteiger partial charge on any atom is 0.406 e. The van der Waals surface area contributed by atoms with Crippen molar-refractivity contribution in [1.82, 2.24) is 10.2 Å². The molecule has 0 aromatic rings. The Morgan fingerprint density at radius 3 is 2.25 bits per heavy atom. The highest BCUT2D eigenvalue weighted by molar-refractivity contribution is 5.86. The van der Waals surface area contributed by atoms with E-state index in [1.54, 1.807) is 6.92 Å². The minimum atomic E-state index is -4.50. The number of nitrogens with one attached hydrogen (secondary N) is 1. The van der Waals surface area contributed by atoms with Crippen LogP contribution in [-0.4, -0.2) is 46.8 Å². The fourth-order valence-corrected chi connectivity index (χ4v) is 2.39. The highest BCUT2D eigenvalue weighted by Gasteiger charge is 2.44. The van der Waals surface area contributed by atoms with Crippen molar-refractivity contribution in [1.29, 1.82) is 0 Å². The normalized spacial score (nSPS) is 17.8. The maximum atomic E-state index is 12.4. The molecule has 0 heterocycles. The van der Waals surface area contributed by atoms with Crippen LogP contribution >= 0.6 is 0 Å². The molecule has 1 aliphatic rings. The van der Waals surface area contributed by atoms with Crippen LogP contribution in [0.1, 0.15) is 39.0 Å². The van der Waals surface area contributed by atoms with E-state index in [0.29, 0.717) is 24.2 Å². The van der Waals surface area contributed by atoms with Crippen molar-refractivity contribution < 1.29 is 27.9 Å². The first-order valence-electron chi connectivity index (χ1n) is 6.57. The predicted octanol–water partition coefficient (Wildman–Crippen LogP) is 2.37. The molecule has 0 aromatic heterocycles. The Morgan fingerprint density at radius 2 is 1.85 bits per heavy atom. The van der Waals surface area contributed by atoms with Gasteiger partial charge in [-0.15, -0.1) is 0 Å². The summed E-state index contributed by atoms with van der Waals surface area (Å²) in [5.74, 6) is -1.19. The van der Waals surface area contributed by atoms with E-state index >= 15 is 0 Å². The van der Waals surface area contributed by atoms with Crippen LogP contribution in [-0.2, 0) is 4.79 Å². The van der Waals surface area contributed by atoms with Gasteiger partial charge in [0.1, 0.15) is 12.1 Å². The molecule has 1 fully saturated rings. The predicted molar refractivity (Wildman–Crippen MR) is 65.3 cm³/mol. The van der Waals surface area contributed by atoms with Crippen molar-refractivity contribution in [3.05, 3.63) is 0 Å². The van der Waals surface area contributed by atoms with E-state index in [0.717, 1.165) is 0 Å². The van der Waals surface area contributed by atoms with Crippen molar-refractivity contribution in [3.8, 4) is 0 Å². The van der Waals surface area contributed by atoms with E-state index in [1.165, 1.54) is 0 Å². The number of hydrogen-bond acceptors (Lipinski definition) is 2. The first-order chi connectivity index (χ1) is 9.20. The number of urea groups is 1. The number of hydrogen-bond donors (Lipinski definition) is 2. The monoisotopic (exact) mass is 296 g/mol. The Bertz CT molecular complexity index is 365. The fraction of sp³-hybridized carbons (Fsp3) is 0.833. The van der Waals surface area contributed by atoms with E-state index in [4.69, 9.17) is 0 Å². The van der Waals surface area contributed by atoms with Gasteiger partial charge in [0.05, 0.1) is 0 Å². The maximum absolute atomic E-state index is 12.4. The van der Waals surface area contributed by atoms with Gasteiger partial charge < -0.3 is 15.3 Å². The molecule has 2 N–H and O–H groups in total. The van der Waals surface area contributed by atoms with Crippen molar-refractivity contribution in [2.24, 2.45) is 0 Å². The Morgan fingerprint density at radius 1 is 1.30 bits per heavy atom. The van der Waals surface area contributed by atoms with Gasteiger partial charge in [-0.2, -0.15) is 13.2 Å². The van der Waals surface area contributed by atoms with Crippen LogP contribution < -0.4 is 5.32 Å². The summed E-state index contributed by atoms with van der Waals surface area (Å²) >= 11 is 0. The summed E-state index contributed by atoms with van der Waals surface area (Å²) in [6.07, 6.45) is -2.36. The molecule has 0 aliphatic heterocycles. The summed E-state index contributed by atoms with van der Waals surface area (Å²) in [4.78, 5) is 23.8. The molecule has 0 atom stereocenters. The summed E-state index contributed by atoms with van der Waals surface area (Å²) in [5.41, 5.74) is -1.42. The smallest absolute Gasteiger partial charge is 0.406 e. The third-order valence-corrected chi connectivity index (χ3v) is 3.36. The molecule has 0 radical (unpaired) electrons. The molecule has 5 nitrogen and oxygen atoms in total. The molecule has 0 spiro atoms. The summed E-state index contributed by atoms with van der Waals surface area (Å²) in [5, 5.41) is 11.5. The molecular weight excluding hydrogens is 277 g/mol. The third-order valence-electron chi connectivity index (χ3n) is 3.36. The van der Waals surface area contributed by atoms with Gasteiger partial charge in [0.25, 0.3) is 0 Å². The number of halogens is 3. The second-order valence-corrected chi connectivity index (χ2v) is 5.06. The summed E-state index contributed by atoms with van der Waals surface area (Å²) < 4.78 is 37.3. The quantitative estimate of drug-likeness (QED) is 0.818. The standard InChI is InChI=1S/C12H19F3N2O3/c1-2-7-17(8-12(13,14)15)10(20)16-11(9(18)19)5-3-4-6-11/h2-8H2,1H3,(H,16,20)(H,18,19). The molecule has 0 saturated heterocycles. The van der Waals surface area contributed by atoms with Gasteiger partial charge in [0, 0.05) is 6.54 Å². The molecule has 8 heteroatoms. The lowest BCUT2D eigenvalue weighted by atomic mass is 9.98. The molecule has 0 unspecified atom stereocenters. The van der Waals surface area contributed by atoms with Gasteiger partial charge in [0.15, 0.2) is 0 Å². The molecule has 116 valence electrons. The number of carbonyl (C=O) groups excluding carboxylic acids is 1. The van der Waals surface area contributed by atoms with Crippen LogP contribution in [0.25, 0.3) is 0 Å². The number of aliphatic carboxylic acids is 1. The molecule has 0 aromatic carbocycles. The number of carboxylic acid groups (broad SMARTS) is 1. The van der Waals surface area contributed by atoms with Gasteiger partial charge in [-0.3, -0.25) is 0 Å². The molecule has 2 amide bonds. The average molecular weight is 296 g/mol. The van der Waals surface area contributed by atoms with Gasteiger partial charge in [0.2, 0.25) is 0 Å². The largest absolute Gasteiger partial charge is 0.480 e. The highest BCUT2D eigenvalue weighted by atomic mass is 19.4. The SMILES string of the molecule is CCCN(CC(F)(F)F)C(=O)NC1(C(=O)O)CCCC1. The Labute approximate surface area is 115 Å². The molecule has 1 saturated carbocycles. The van der Waals surface area contributed by atoms with Crippen molar-refractivity contribution >= 4 is 12.0 Å². The lowest BCUT2D eigenvalue weighted by Gasteiger charge is -2.30. The van der Waals surface area contributed by atoms with Crippen LogP contribution in [0, 0.1) is 0 Å². The highest BCUT2D eigenvalue weighted by Crippen LogP contribution is 2.30. The van der Waals surface area contributed by atoms with Crippen LogP contribution in [0.15, 0.2) is 0 Å². The first-order valence-corrected chi connectivity index (χ1v) is 6.57. The van der Waals surface area contributed by atoms with Crippen LogP contribution in [0.5, 0.6) is 0 Å². The van der Waals surface area contributed by atoms with E-state index in [9.17, 15) is 27.9 Å². The Hall–Kier alpha value is -1.47. The number of nitrogens with zero attached hydrogens (tertiary/aromatic N) is 1. The second kappa shape index (κ2) is 6.32. The minimum absolute atomic E-state index is 0.0684. The third kappa shape index (κ3) is 4.28. The van der Waals surface area contributed by atoms with Gasteiger partial charge in [-0.25, -0.2) is 9.59 Å². The molecule has 1 rings (SSSR count). The summed E-state index contributed by atoms with van der Waals surface area (Å²) in [7, 11) is 0. The van der Waals surface area contributed by atoms with Gasteiger partial charge in [-0.05, 0) is 19.3 Å². The van der Waals surface area contributed by atoms with Crippen LogP contribution in [0.3, 0.4) is 0 Å². The molecular formula is C12H19F3N2O3. The number of carboxylic acids is 1. The zero-order valence-corrected chi connectivity index (χ0v) is 11.3. The number of rotatable bonds is 5. The van der Waals surface area contributed by atoms with Gasteiger partial charge in [-0.1, -0.05) is 19.8 Å². The molecule has 20 heavy (non-hydrogen) atoms. The zero-order valence-electron chi connectivity index (χ0n) is 11.3. The summed E-state index contributed by atoms with van der Waals surface area (Å²) in [6, 6.07) is -0.964. The summed E-state index contributed by atoms with van der Waals surface area (Å²) in [6.45, 7) is 0.211. The Kier molecular flexibility index (Phi) is 5.24. The fourth-order valence-electron chi connectivity index (χ4n) is 2.39. The molecule has 0 bridgehead atoms. The van der Waals surface area contributed by atoms with E-state index in [2.05, 4.69) is 5.32 Å². The second-order valence-electron chi connectivity index (χ2n) is 5.06. The lowest BCUT2D eigenvalue weighted by Crippen LogP contribution is -2.57. The van der Waals surface area contributed by atoms with Crippen molar-refractivity contribution in [3.63, 3.8) is 0 Å². The average Bonchev–Trinajstić information content (AvgIpc) is 2.76. The van der Waals surface area contributed by atoms with E-state index < -0.39 is 30.3 Å². The lowest BCUT2D eigenvalue weighted by molar-refractivity contribution is -0.145. The van der Waals surface area contributed by atoms with Crippen molar-refractivity contribution in [2.45, 2.75) is 50.7 Å². The number of carbonyl (C=O) groups is 2. The number of amides is 2. The number of alkyl halides is 3. The van der Waals surface area contributed by atoms with E-state index in [-0.39, 0.29) is 19.4 Å². The van der Waals surface area contributed by atoms with Crippen molar-refractivity contribution in [2.75, 3.05) is 13.1 Å². The van der Waals surface area contributed by atoms with Crippen LogP contribution in [0.2, 0.25) is 0 Å². The first kappa shape index (κ1) is 16.6. The topological polar surface area (TPSA) is 69.6 Å². The molecule has 1 aliphatic carbocycles. The van der Waals surface area contributed by atoms with Gasteiger partial charge >= 0.3 is 18.2 Å². The minimum Gasteiger partial charge on any atom is -0.480 e. The Balaban J connectivity index is 2.76. The zero-order chi connectivity index (χ0) is 15.4. The van der Waals surface area contributed by atoms with E-state index in [1.807, 2.05) is 0 Å².